The van der Waals surface area contributed by atoms with Crippen molar-refractivity contribution < 1.29 is 10.0 Å². The molecule has 0 radical (unpaired) electrons. The highest BCUT2D eigenvalue weighted by Gasteiger charge is 2.38. The van der Waals surface area contributed by atoms with Crippen LogP contribution in [0.1, 0.15) is 78.0 Å². The minimum absolute atomic E-state index is 0.0291. The molecule has 2 aromatic carbocycles. The molecule has 0 unspecified atom stereocenters. The highest BCUT2D eigenvalue weighted by Crippen LogP contribution is 2.46. The molecule has 0 aromatic heterocycles. The first-order valence-electron chi connectivity index (χ1n) is 10.2. The summed E-state index contributed by atoms with van der Waals surface area (Å²) in [5.41, 5.74) is 6.23. The first kappa shape index (κ1) is 20.9. The van der Waals surface area contributed by atoms with Gasteiger partial charge in [-0.25, -0.2) is 0 Å². The fourth-order valence-electron chi connectivity index (χ4n) is 4.16. The van der Waals surface area contributed by atoms with E-state index in [1.54, 1.807) is 0 Å². The van der Waals surface area contributed by atoms with E-state index < -0.39 is 7.12 Å². The summed E-state index contributed by atoms with van der Waals surface area (Å²) in [4.78, 5) is 0. The van der Waals surface area contributed by atoms with Crippen LogP contribution in [0, 0.1) is 0 Å². The minimum Gasteiger partial charge on any atom is -0.423 e. The van der Waals surface area contributed by atoms with Crippen LogP contribution < -0.4 is 10.8 Å². The largest absolute Gasteiger partial charge is 0.490 e. The maximum Gasteiger partial charge on any atom is 0.490 e. The number of anilines is 2. The van der Waals surface area contributed by atoms with Gasteiger partial charge in [0.2, 0.25) is 0 Å². The third-order valence-corrected chi connectivity index (χ3v) is 6.33. The van der Waals surface area contributed by atoms with Crippen LogP contribution in [0.4, 0.5) is 11.4 Å². The van der Waals surface area contributed by atoms with Crippen molar-refractivity contribution in [3.8, 4) is 0 Å². The zero-order valence-corrected chi connectivity index (χ0v) is 18.4. The van der Waals surface area contributed by atoms with Crippen LogP contribution in [-0.4, -0.2) is 17.2 Å². The maximum atomic E-state index is 10.1. The SMILES string of the molecule is CC(C)(C)c1ccc(Nc2cc3c(cc2B(O)O)C(C)(C)CCC3(C)C)cc1. The van der Waals surface area contributed by atoms with E-state index in [-0.39, 0.29) is 16.2 Å². The van der Waals surface area contributed by atoms with Gasteiger partial charge in [-0.2, -0.15) is 0 Å². The Balaban J connectivity index is 2.06. The summed E-state index contributed by atoms with van der Waals surface area (Å²) in [7, 11) is -1.51. The van der Waals surface area contributed by atoms with Crippen molar-refractivity contribution in [2.75, 3.05) is 5.32 Å². The summed E-state index contributed by atoms with van der Waals surface area (Å²) in [5.74, 6) is 0. The van der Waals surface area contributed by atoms with Gasteiger partial charge >= 0.3 is 7.12 Å². The Kier molecular flexibility index (Phi) is 5.18. The Morgan fingerprint density at radius 2 is 1.36 bits per heavy atom. The molecule has 0 bridgehead atoms. The van der Waals surface area contributed by atoms with Gasteiger partial charge in [-0.15, -0.1) is 0 Å². The quantitative estimate of drug-likeness (QED) is 0.674. The average Bonchev–Trinajstić information content (AvgIpc) is 2.58. The van der Waals surface area contributed by atoms with E-state index in [2.05, 4.69) is 84.1 Å². The predicted octanol–water partition coefficient (Wildman–Crippen LogP) is 4.76. The van der Waals surface area contributed by atoms with Gasteiger partial charge in [0.25, 0.3) is 0 Å². The summed E-state index contributed by atoms with van der Waals surface area (Å²) < 4.78 is 0. The van der Waals surface area contributed by atoms with Gasteiger partial charge in [0.05, 0.1) is 0 Å². The van der Waals surface area contributed by atoms with Gasteiger partial charge in [0, 0.05) is 16.8 Å². The molecule has 3 rings (SSSR count). The maximum absolute atomic E-state index is 10.1. The van der Waals surface area contributed by atoms with E-state index in [4.69, 9.17) is 0 Å². The molecule has 0 fully saturated rings. The van der Waals surface area contributed by atoms with Crippen LogP contribution in [0.25, 0.3) is 0 Å². The second kappa shape index (κ2) is 6.93. The number of hydrogen-bond donors (Lipinski definition) is 3. The molecule has 28 heavy (non-hydrogen) atoms. The first-order chi connectivity index (χ1) is 12.8. The molecule has 0 aliphatic heterocycles. The van der Waals surface area contributed by atoms with Crippen LogP contribution in [0.3, 0.4) is 0 Å². The van der Waals surface area contributed by atoms with Crippen molar-refractivity contribution in [2.45, 2.75) is 77.6 Å². The van der Waals surface area contributed by atoms with Crippen molar-refractivity contribution in [3.05, 3.63) is 53.1 Å². The molecule has 3 N–H and O–H groups in total. The number of fused-ring (bicyclic) bond motifs is 1. The van der Waals surface area contributed by atoms with E-state index in [1.165, 1.54) is 16.7 Å². The molecule has 0 atom stereocenters. The molecule has 0 spiro atoms. The van der Waals surface area contributed by atoms with Crippen molar-refractivity contribution in [2.24, 2.45) is 0 Å². The summed E-state index contributed by atoms with van der Waals surface area (Å²) in [6, 6.07) is 12.5. The number of hydrogen-bond acceptors (Lipinski definition) is 3. The van der Waals surface area contributed by atoms with Crippen molar-refractivity contribution >= 4 is 24.0 Å². The van der Waals surface area contributed by atoms with E-state index in [9.17, 15) is 10.0 Å². The van der Waals surface area contributed by atoms with Crippen molar-refractivity contribution in [1.29, 1.82) is 0 Å². The van der Waals surface area contributed by atoms with Gasteiger partial charge < -0.3 is 15.4 Å². The van der Waals surface area contributed by atoms with Gasteiger partial charge in [-0.05, 0) is 64.0 Å². The third-order valence-electron chi connectivity index (χ3n) is 6.33. The lowest BCUT2D eigenvalue weighted by Crippen LogP contribution is -2.39. The Hall–Kier alpha value is -1.78. The molecule has 1 aliphatic rings. The summed E-state index contributed by atoms with van der Waals surface area (Å²) in [6.45, 7) is 15.6. The van der Waals surface area contributed by atoms with Crippen LogP contribution in [0.2, 0.25) is 0 Å². The molecule has 0 saturated heterocycles. The zero-order valence-electron chi connectivity index (χ0n) is 18.4. The van der Waals surface area contributed by atoms with Crippen molar-refractivity contribution in [1.82, 2.24) is 0 Å². The highest BCUT2D eigenvalue weighted by atomic mass is 16.4. The van der Waals surface area contributed by atoms with E-state index >= 15 is 0 Å². The van der Waals surface area contributed by atoms with E-state index in [0.29, 0.717) is 5.46 Å². The van der Waals surface area contributed by atoms with Crippen LogP contribution >= 0.6 is 0 Å². The topological polar surface area (TPSA) is 52.5 Å². The average molecular weight is 379 g/mol. The minimum atomic E-state index is -1.51. The number of rotatable bonds is 3. The fourth-order valence-corrected chi connectivity index (χ4v) is 4.16. The lowest BCUT2D eigenvalue weighted by molar-refractivity contribution is 0.332. The Morgan fingerprint density at radius 3 is 1.82 bits per heavy atom. The standard InChI is InChI=1S/C24H34BNO2/c1-22(2,3)16-8-10-17(11-9-16)26-21-15-19-18(14-20(21)25(27)28)23(4,5)12-13-24(19,6)7/h8-11,14-15,26-28H,12-13H2,1-7H3. The van der Waals surface area contributed by atoms with Gasteiger partial charge in [-0.3, -0.25) is 0 Å². The highest BCUT2D eigenvalue weighted by molar-refractivity contribution is 6.60. The van der Waals surface area contributed by atoms with Crippen LogP contribution in [-0.2, 0) is 16.2 Å². The van der Waals surface area contributed by atoms with Gasteiger partial charge in [0.15, 0.2) is 0 Å². The first-order valence-corrected chi connectivity index (χ1v) is 10.2. The van der Waals surface area contributed by atoms with Gasteiger partial charge in [0.1, 0.15) is 0 Å². The summed E-state index contributed by atoms with van der Waals surface area (Å²) >= 11 is 0. The van der Waals surface area contributed by atoms with E-state index in [1.807, 2.05) is 6.07 Å². The second-order valence-corrected chi connectivity index (χ2v) is 10.6. The zero-order chi connectivity index (χ0) is 20.9. The number of benzene rings is 2. The molecule has 150 valence electrons. The Bertz CT molecular complexity index is 861. The van der Waals surface area contributed by atoms with Crippen LogP contribution in [0.5, 0.6) is 0 Å². The van der Waals surface area contributed by atoms with Gasteiger partial charge in [-0.1, -0.05) is 66.7 Å². The molecule has 4 heteroatoms. The fraction of sp³-hybridized carbons (Fsp3) is 0.500. The van der Waals surface area contributed by atoms with Crippen molar-refractivity contribution in [3.63, 3.8) is 0 Å². The second-order valence-electron chi connectivity index (χ2n) is 10.6. The lowest BCUT2D eigenvalue weighted by Gasteiger charge is -2.42. The molecule has 2 aromatic rings. The lowest BCUT2D eigenvalue weighted by atomic mass is 9.61. The molecule has 3 nitrogen and oxygen atoms in total. The normalized spacial score (nSPS) is 17.8. The number of nitrogens with one attached hydrogen (secondary N) is 1. The Morgan fingerprint density at radius 1 is 0.857 bits per heavy atom. The molecular weight excluding hydrogens is 345 g/mol. The third kappa shape index (κ3) is 3.99. The summed E-state index contributed by atoms with van der Waals surface area (Å²) in [5, 5.41) is 23.5. The molecule has 1 aliphatic carbocycles. The van der Waals surface area contributed by atoms with E-state index in [0.717, 1.165) is 24.2 Å². The molecule has 0 heterocycles. The summed E-state index contributed by atoms with van der Waals surface area (Å²) in [6.07, 6.45) is 2.21. The monoisotopic (exact) mass is 379 g/mol. The Labute approximate surface area is 170 Å². The van der Waals surface area contributed by atoms with Crippen LogP contribution in [0.15, 0.2) is 36.4 Å². The predicted molar refractivity (Wildman–Crippen MR) is 120 cm³/mol. The molecule has 0 amide bonds. The smallest absolute Gasteiger partial charge is 0.423 e. The molecular formula is C24H34BNO2. The molecule has 0 saturated carbocycles.